The van der Waals surface area contributed by atoms with Gasteiger partial charge in [-0.15, -0.1) is 0 Å². The normalized spacial score (nSPS) is 19.3. The van der Waals surface area contributed by atoms with Crippen molar-refractivity contribution in [2.45, 2.75) is 64.8 Å². The van der Waals surface area contributed by atoms with Gasteiger partial charge in [0, 0.05) is 19.1 Å². The summed E-state index contributed by atoms with van der Waals surface area (Å²) in [7, 11) is 0. The van der Waals surface area contributed by atoms with Crippen LogP contribution in [0.5, 0.6) is 0 Å². The van der Waals surface area contributed by atoms with Crippen molar-refractivity contribution >= 4 is 35.6 Å². The van der Waals surface area contributed by atoms with Gasteiger partial charge in [0.25, 0.3) is 0 Å². The van der Waals surface area contributed by atoms with Crippen LogP contribution in [0.3, 0.4) is 0 Å². The molecule has 1 saturated heterocycles. The van der Waals surface area contributed by atoms with E-state index in [1.807, 2.05) is 4.90 Å². The molecule has 0 aromatic carbocycles. The molecule has 12 heteroatoms. The topological polar surface area (TPSA) is 114 Å². The lowest BCUT2D eigenvalue weighted by molar-refractivity contribution is -0.154. The average molecular weight is 514 g/mol. The summed E-state index contributed by atoms with van der Waals surface area (Å²) in [6.07, 6.45) is 6.86. The van der Waals surface area contributed by atoms with E-state index in [9.17, 15) is 14.8 Å². The molecule has 0 bridgehead atoms. The Labute approximate surface area is 211 Å². The zero-order valence-corrected chi connectivity index (χ0v) is 21.3. The maximum absolute atomic E-state index is 15.5. The second-order valence-corrected chi connectivity index (χ2v) is 9.72. The number of hydrazine groups is 1. The lowest BCUT2D eigenvalue weighted by Crippen LogP contribution is -2.42. The Hall–Kier alpha value is -2.24. The minimum Gasteiger partial charge on any atom is -0.350 e. The number of anilines is 2. The molecule has 2 amide bonds. The molecule has 2 atom stereocenters. The molecule has 1 saturated carbocycles. The van der Waals surface area contributed by atoms with Gasteiger partial charge in [0.1, 0.15) is 0 Å². The summed E-state index contributed by atoms with van der Waals surface area (Å²) >= 11 is 6.13. The van der Waals surface area contributed by atoms with Gasteiger partial charge < -0.3 is 9.80 Å². The zero-order valence-electron chi connectivity index (χ0n) is 20.6. The summed E-state index contributed by atoms with van der Waals surface area (Å²) in [5.41, 5.74) is 5.05. The molecule has 196 valence electrons. The molecule has 3 rings (SSSR count). The Kier molecular flexibility index (Phi) is 10.3. The number of aromatic nitrogens is 2. The molecule has 0 radical (unpaired) electrons. The monoisotopic (exact) mass is 513 g/mol. The molecule has 10 nitrogen and oxygen atoms in total. The van der Waals surface area contributed by atoms with E-state index in [2.05, 4.69) is 39.6 Å². The van der Waals surface area contributed by atoms with Crippen LogP contribution in [0.2, 0.25) is 5.28 Å². The highest BCUT2D eigenvalue weighted by molar-refractivity contribution is 6.28. The van der Waals surface area contributed by atoms with Gasteiger partial charge >= 0.3 is 0 Å². The summed E-state index contributed by atoms with van der Waals surface area (Å²) < 4.78 is 15.5. The van der Waals surface area contributed by atoms with Crippen molar-refractivity contribution in [2.24, 2.45) is 11.8 Å². The van der Waals surface area contributed by atoms with E-state index in [0.717, 1.165) is 58.2 Å². The number of halogens is 2. The number of hydrogen-bond acceptors (Lipinski definition) is 8. The van der Waals surface area contributed by atoms with Gasteiger partial charge in [0.05, 0.1) is 12.5 Å². The van der Waals surface area contributed by atoms with E-state index in [4.69, 9.17) is 11.6 Å². The van der Waals surface area contributed by atoms with Crippen molar-refractivity contribution in [3.8, 4) is 0 Å². The maximum Gasteiger partial charge on any atom is 0.243 e. The lowest BCUT2D eigenvalue weighted by atomic mass is 9.92. The van der Waals surface area contributed by atoms with Crippen molar-refractivity contribution < 1.29 is 19.2 Å². The third kappa shape index (κ3) is 7.37. The van der Waals surface area contributed by atoms with E-state index in [-0.39, 0.29) is 35.9 Å². The second kappa shape index (κ2) is 13.2. The Morgan fingerprint density at radius 2 is 1.97 bits per heavy atom. The second-order valence-electron chi connectivity index (χ2n) is 9.38. The van der Waals surface area contributed by atoms with Crippen LogP contribution in [-0.2, 0) is 9.59 Å². The molecule has 3 N–H and O–H groups in total. The van der Waals surface area contributed by atoms with Gasteiger partial charge in [-0.2, -0.15) is 14.4 Å². The number of rotatable bonds is 13. The van der Waals surface area contributed by atoms with Crippen molar-refractivity contribution in [3.05, 3.63) is 11.1 Å². The summed E-state index contributed by atoms with van der Waals surface area (Å²) in [4.78, 5) is 36.1. The van der Waals surface area contributed by atoms with Crippen LogP contribution in [0.4, 0.5) is 16.0 Å². The molecule has 1 aliphatic carbocycles. The van der Waals surface area contributed by atoms with Crippen molar-refractivity contribution in [2.75, 3.05) is 43.0 Å². The summed E-state index contributed by atoms with van der Waals surface area (Å²) in [6.45, 7) is 7.32. The van der Waals surface area contributed by atoms with Gasteiger partial charge in [-0.1, -0.05) is 39.5 Å². The quantitative estimate of drug-likeness (QED) is 0.160. The number of nitrogens with one attached hydrogen (secondary N) is 2. The lowest BCUT2D eigenvalue weighted by Gasteiger charge is -2.30. The van der Waals surface area contributed by atoms with Crippen LogP contribution >= 0.6 is 11.6 Å². The smallest absolute Gasteiger partial charge is 0.243 e. The predicted molar refractivity (Wildman–Crippen MR) is 132 cm³/mol. The molecule has 0 unspecified atom stereocenters. The molecule has 2 heterocycles. The zero-order chi connectivity index (χ0) is 25.4. The number of nitrogens with zero attached hydrogens (tertiary/aromatic N) is 5. The third-order valence-electron chi connectivity index (χ3n) is 7.12. The van der Waals surface area contributed by atoms with E-state index in [0.29, 0.717) is 23.9 Å². The van der Waals surface area contributed by atoms with E-state index < -0.39 is 17.6 Å². The van der Waals surface area contributed by atoms with E-state index in [1.54, 1.807) is 0 Å². The number of likely N-dealkylation sites (N-methyl/N-ethyl adjacent to an activating group) is 1. The molecule has 0 spiro atoms. The van der Waals surface area contributed by atoms with Crippen LogP contribution in [-0.4, -0.2) is 76.2 Å². The highest BCUT2D eigenvalue weighted by atomic mass is 35.5. The Morgan fingerprint density at radius 1 is 1.26 bits per heavy atom. The first kappa shape index (κ1) is 27.3. The third-order valence-corrected chi connectivity index (χ3v) is 7.28. The molecular formula is C23H37ClFN7O3. The summed E-state index contributed by atoms with van der Waals surface area (Å²) in [5.74, 6) is -1.57. The number of hydroxylamine groups is 2. The SMILES string of the molecule is CCN(CC)C[C@@H]1CCCN1c1nc(Cl)nc(NNC(=O)[C@H](CC2CCCC2)CN(O)C=O)c1F. The maximum atomic E-state index is 15.5. The highest BCUT2D eigenvalue weighted by Gasteiger charge is 2.31. The Balaban J connectivity index is 1.71. The van der Waals surface area contributed by atoms with Crippen LogP contribution in [0, 0.1) is 17.7 Å². The molecule has 2 fully saturated rings. The van der Waals surface area contributed by atoms with Gasteiger partial charge in [-0.25, -0.2) is 5.06 Å². The average Bonchev–Trinajstić information content (AvgIpc) is 3.54. The van der Waals surface area contributed by atoms with Gasteiger partial charge in [-0.3, -0.25) is 25.6 Å². The number of carbonyl (C=O) groups excluding carboxylic acids is 2. The minimum absolute atomic E-state index is 0.104. The fraction of sp³-hybridized carbons (Fsp3) is 0.739. The largest absolute Gasteiger partial charge is 0.350 e. The van der Waals surface area contributed by atoms with Crippen molar-refractivity contribution in [1.82, 2.24) is 25.4 Å². The first-order valence-corrected chi connectivity index (χ1v) is 12.9. The number of amides is 2. The molecular weight excluding hydrogens is 477 g/mol. The first-order valence-electron chi connectivity index (χ1n) is 12.5. The van der Waals surface area contributed by atoms with Gasteiger partial charge in [0.2, 0.25) is 23.4 Å². The highest BCUT2D eigenvalue weighted by Crippen LogP contribution is 2.32. The first-order chi connectivity index (χ1) is 16.9. The van der Waals surface area contributed by atoms with Crippen LogP contribution in [0.25, 0.3) is 0 Å². The number of carbonyl (C=O) groups is 2. The van der Waals surface area contributed by atoms with Crippen LogP contribution < -0.4 is 15.8 Å². The molecule has 1 aliphatic heterocycles. The molecule has 1 aromatic rings. The molecule has 35 heavy (non-hydrogen) atoms. The van der Waals surface area contributed by atoms with Crippen LogP contribution in [0.15, 0.2) is 0 Å². The fourth-order valence-corrected chi connectivity index (χ4v) is 5.34. The number of hydrogen-bond donors (Lipinski definition) is 3. The van der Waals surface area contributed by atoms with Gasteiger partial charge in [0.15, 0.2) is 11.6 Å². The van der Waals surface area contributed by atoms with E-state index >= 15 is 4.39 Å². The van der Waals surface area contributed by atoms with Crippen molar-refractivity contribution in [3.63, 3.8) is 0 Å². The summed E-state index contributed by atoms with van der Waals surface area (Å²) in [6, 6.07) is 0.104. The molecule has 2 aliphatic rings. The summed E-state index contributed by atoms with van der Waals surface area (Å²) in [5, 5.41) is 9.99. The minimum atomic E-state index is -0.690. The fourth-order valence-electron chi connectivity index (χ4n) is 5.17. The van der Waals surface area contributed by atoms with Crippen LogP contribution in [0.1, 0.15) is 58.8 Å². The predicted octanol–water partition coefficient (Wildman–Crippen LogP) is 3.07. The Morgan fingerprint density at radius 3 is 2.63 bits per heavy atom. The standard InChI is InChI=1S/C23H37ClFN7O3/c1-3-30(4-2)14-18-10-7-11-32(18)21-19(25)20(26-23(24)27-21)28-29-22(34)17(13-31(35)15-33)12-16-8-5-6-9-16/h15-18,35H,3-14H2,1-2H3,(H,29,34)(H,26,27,28)/t17-,18+/m1/s1. The molecule has 1 aromatic heterocycles. The van der Waals surface area contributed by atoms with Gasteiger partial charge in [-0.05, 0) is 49.9 Å². The van der Waals surface area contributed by atoms with Crippen molar-refractivity contribution in [1.29, 1.82) is 0 Å². The Bertz CT molecular complexity index is 855. The van der Waals surface area contributed by atoms with E-state index in [1.165, 1.54) is 0 Å².